The average Bonchev–Trinajstić information content (AvgIpc) is 2.66. The average molecular weight is 294 g/mol. The molecule has 0 amide bonds. The van der Waals surface area contributed by atoms with Gasteiger partial charge in [-0.2, -0.15) is 0 Å². The summed E-state index contributed by atoms with van der Waals surface area (Å²) in [5.74, 6) is -0.689. The van der Waals surface area contributed by atoms with E-state index in [-0.39, 0.29) is 5.56 Å². The summed E-state index contributed by atoms with van der Waals surface area (Å²) in [5, 5.41) is 8.92. The van der Waals surface area contributed by atoms with Gasteiger partial charge in [0.05, 0.1) is 16.9 Å². The second kappa shape index (κ2) is 6.33. The Hall–Kier alpha value is -1.78. The zero-order valence-corrected chi connectivity index (χ0v) is 12.6. The predicted molar refractivity (Wildman–Crippen MR) is 82.2 cm³/mol. The molecule has 1 atom stereocenters. The van der Waals surface area contributed by atoms with E-state index in [0.717, 1.165) is 25.9 Å². The van der Waals surface area contributed by atoms with Crippen molar-refractivity contribution < 1.29 is 14.3 Å². The lowest BCUT2D eigenvalue weighted by molar-refractivity contribution is 0.0692. The van der Waals surface area contributed by atoms with Crippen molar-refractivity contribution in [3.05, 3.63) is 23.5 Å². The fourth-order valence-corrected chi connectivity index (χ4v) is 3.05. The van der Waals surface area contributed by atoms with Crippen LogP contribution in [0, 0.1) is 17.7 Å². The minimum absolute atomic E-state index is 0.330. The number of carbonyl (C=O) groups is 1. The number of aromatic carboxylic acids is 1. The summed E-state index contributed by atoms with van der Waals surface area (Å²) in [4.78, 5) is 13.0. The highest BCUT2D eigenvalue weighted by atomic mass is 19.1. The van der Waals surface area contributed by atoms with Gasteiger partial charge in [0, 0.05) is 19.2 Å². The van der Waals surface area contributed by atoms with Crippen molar-refractivity contribution in [3.63, 3.8) is 0 Å². The Labute approximate surface area is 124 Å². The fourth-order valence-electron chi connectivity index (χ4n) is 3.05. The zero-order valence-electron chi connectivity index (χ0n) is 12.6. The molecule has 1 heterocycles. The number of hydrogen-bond donors (Lipinski definition) is 2. The van der Waals surface area contributed by atoms with E-state index < -0.39 is 11.8 Å². The van der Waals surface area contributed by atoms with E-state index in [1.54, 1.807) is 0 Å². The highest BCUT2D eigenvalue weighted by Crippen LogP contribution is 2.31. The first-order valence-corrected chi connectivity index (χ1v) is 7.47. The summed E-state index contributed by atoms with van der Waals surface area (Å²) in [6.45, 7) is 6.13. The molecular weight excluding hydrogens is 271 g/mol. The second-order valence-corrected chi connectivity index (χ2v) is 6.12. The lowest BCUT2D eigenvalue weighted by atomic mass is 9.89. The Morgan fingerprint density at radius 1 is 1.38 bits per heavy atom. The summed E-state index contributed by atoms with van der Waals surface area (Å²) in [6.07, 6.45) is 3.27. The summed E-state index contributed by atoms with van der Waals surface area (Å²) in [7, 11) is 0. The minimum Gasteiger partial charge on any atom is -0.478 e. The molecule has 0 aromatic heterocycles. The van der Waals surface area contributed by atoms with Gasteiger partial charge in [-0.3, -0.25) is 0 Å². The van der Waals surface area contributed by atoms with Gasteiger partial charge in [0.15, 0.2) is 0 Å². The number of nitrogen functional groups attached to an aromatic ring is 1. The summed E-state index contributed by atoms with van der Waals surface area (Å²) in [6, 6.07) is 2.48. The molecule has 116 valence electrons. The van der Waals surface area contributed by atoms with Crippen molar-refractivity contribution in [2.24, 2.45) is 11.8 Å². The van der Waals surface area contributed by atoms with Crippen LogP contribution in [0.4, 0.5) is 15.8 Å². The van der Waals surface area contributed by atoms with Gasteiger partial charge in [-0.25, -0.2) is 9.18 Å². The Morgan fingerprint density at radius 2 is 2.10 bits per heavy atom. The topological polar surface area (TPSA) is 66.6 Å². The number of anilines is 2. The largest absolute Gasteiger partial charge is 0.478 e. The molecule has 1 aromatic rings. The minimum atomic E-state index is -1.29. The van der Waals surface area contributed by atoms with Gasteiger partial charge in [0.1, 0.15) is 5.82 Å². The number of rotatable bonds is 3. The molecule has 0 aliphatic carbocycles. The molecule has 0 saturated carbocycles. The molecule has 0 spiro atoms. The van der Waals surface area contributed by atoms with E-state index in [9.17, 15) is 9.18 Å². The molecule has 21 heavy (non-hydrogen) atoms. The van der Waals surface area contributed by atoms with E-state index in [1.807, 2.05) is 0 Å². The number of carboxylic acids is 1. The first-order valence-electron chi connectivity index (χ1n) is 7.47. The van der Waals surface area contributed by atoms with E-state index in [2.05, 4.69) is 18.7 Å². The van der Waals surface area contributed by atoms with Gasteiger partial charge >= 0.3 is 5.97 Å². The van der Waals surface area contributed by atoms with Crippen molar-refractivity contribution in [3.8, 4) is 0 Å². The highest BCUT2D eigenvalue weighted by molar-refractivity contribution is 5.90. The maximum absolute atomic E-state index is 13.9. The number of halogens is 1. The molecule has 4 nitrogen and oxygen atoms in total. The monoisotopic (exact) mass is 294 g/mol. The predicted octanol–water partition coefficient (Wildman–Crippen LogP) is 3.37. The number of nitrogens with two attached hydrogens (primary N) is 1. The third-order valence-electron chi connectivity index (χ3n) is 4.40. The van der Waals surface area contributed by atoms with Crippen molar-refractivity contribution in [1.82, 2.24) is 0 Å². The van der Waals surface area contributed by atoms with E-state index in [0.29, 0.717) is 23.2 Å². The molecule has 1 unspecified atom stereocenters. The lowest BCUT2D eigenvalue weighted by Gasteiger charge is -2.25. The third kappa shape index (κ3) is 3.46. The first-order chi connectivity index (χ1) is 9.90. The van der Waals surface area contributed by atoms with Crippen LogP contribution in [0.3, 0.4) is 0 Å². The number of nitrogens with zero attached hydrogens (tertiary/aromatic N) is 1. The van der Waals surface area contributed by atoms with E-state index >= 15 is 0 Å². The lowest BCUT2D eigenvalue weighted by Crippen LogP contribution is -2.26. The maximum Gasteiger partial charge on any atom is 0.338 e. The van der Waals surface area contributed by atoms with Crippen molar-refractivity contribution in [1.29, 1.82) is 0 Å². The molecule has 5 heteroatoms. The normalized spacial score (nSPS) is 19.6. The summed E-state index contributed by atoms with van der Waals surface area (Å²) >= 11 is 0. The van der Waals surface area contributed by atoms with Crippen LogP contribution in [0.25, 0.3) is 0 Å². The van der Waals surface area contributed by atoms with Gasteiger partial charge < -0.3 is 15.7 Å². The van der Waals surface area contributed by atoms with Crippen LogP contribution in [0.5, 0.6) is 0 Å². The van der Waals surface area contributed by atoms with Crippen LogP contribution in [0.15, 0.2) is 12.1 Å². The zero-order chi connectivity index (χ0) is 15.6. The van der Waals surface area contributed by atoms with E-state index in [1.165, 1.54) is 18.6 Å². The van der Waals surface area contributed by atoms with Crippen LogP contribution in [-0.4, -0.2) is 24.2 Å². The van der Waals surface area contributed by atoms with Gasteiger partial charge in [0.2, 0.25) is 0 Å². The Morgan fingerprint density at radius 3 is 2.71 bits per heavy atom. The van der Waals surface area contributed by atoms with Gasteiger partial charge in [-0.05, 0) is 37.2 Å². The van der Waals surface area contributed by atoms with Crippen LogP contribution in [0.1, 0.15) is 43.5 Å². The molecule has 1 saturated heterocycles. The molecule has 1 aromatic carbocycles. The second-order valence-electron chi connectivity index (χ2n) is 6.12. The molecule has 3 N–H and O–H groups in total. The number of hydrogen-bond acceptors (Lipinski definition) is 3. The number of benzene rings is 1. The van der Waals surface area contributed by atoms with Crippen molar-refractivity contribution >= 4 is 17.3 Å². The third-order valence-corrected chi connectivity index (χ3v) is 4.40. The smallest absolute Gasteiger partial charge is 0.338 e. The SMILES string of the molecule is CC(C)C1CCCN(c2cc(F)c(C(=O)O)cc2N)CC1. The van der Waals surface area contributed by atoms with Crippen molar-refractivity contribution in [2.75, 3.05) is 23.7 Å². The Bertz CT molecular complexity index is 531. The van der Waals surface area contributed by atoms with Crippen LogP contribution in [-0.2, 0) is 0 Å². The molecule has 0 radical (unpaired) electrons. The molecule has 1 aliphatic heterocycles. The van der Waals surface area contributed by atoms with Crippen LogP contribution < -0.4 is 10.6 Å². The van der Waals surface area contributed by atoms with Gasteiger partial charge in [-0.15, -0.1) is 0 Å². The quantitative estimate of drug-likeness (QED) is 0.839. The van der Waals surface area contributed by atoms with Crippen LogP contribution in [0.2, 0.25) is 0 Å². The summed E-state index contributed by atoms with van der Waals surface area (Å²) in [5.41, 5.74) is 6.51. The molecule has 2 rings (SSSR count). The first kappa shape index (κ1) is 15.6. The van der Waals surface area contributed by atoms with Crippen LogP contribution >= 0.6 is 0 Å². The Kier molecular flexibility index (Phi) is 4.70. The standard InChI is InChI=1S/C16H23FN2O2/c1-10(2)11-4-3-6-19(7-5-11)15-9-13(17)12(16(20)21)8-14(15)18/h8-11H,3-7,18H2,1-2H3,(H,20,21). The molecule has 1 aliphatic rings. The Balaban J connectivity index is 2.22. The fraction of sp³-hybridized carbons (Fsp3) is 0.562. The maximum atomic E-state index is 13.9. The molecule has 1 fully saturated rings. The van der Waals surface area contributed by atoms with Gasteiger partial charge in [-0.1, -0.05) is 13.8 Å². The highest BCUT2D eigenvalue weighted by Gasteiger charge is 2.22. The molecular formula is C16H23FN2O2. The molecule has 0 bridgehead atoms. The number of carboxylic acid groups (broad SMARTS) is 1. The van der Waals surface area contributed by atoms with Gasteiger partial charge in [0.25, 0.3) is 0 Å². The van der Waals surface area contributed by atoms with Crippen molar-refractivity contribution in [2.45, 2.75) is 33.1 Å². The van der Waals surface area contributed by atoms with E-state index in [4.69, 9.17) is 10.8 Å². The summed E-state index contributed by atoms with van der Waals surface area (Å²) < 4.78 is 13.9.